The van der Waals surface area contributed by atoms with Crippen LogP contribution < -0.4 is 15.4 Å². The van der Waals surface area contributed by atoms with Gasteiger partial charge in [-0.25, -0.2) is 8.42 Å². The van der Waals surface area contributed by atoms with Gasteiger partial charge in [0.15, 0.2) is 0 Å². The number of hydrogen-bond acceptors (Lipinski definition) is 6. The van der Waals surface area contributed by atoms with E-state index in [4.69, 9.17) is 0 Å². The zero-order valence-electron chi connectivity index (χ0n) is 16.3. The van der Waals surface area contributed by atoms with Gasteiger partial charge in [-0.3, -0.25) is 14.3 Å². The van der Waals surface area contributed by atoms with Crippen LogP contribution in [0.15, 0.2) is 43.0 Å². The fourth-order valence-corrected chi connectivity index (χ4v) is 5.31. The fraction of sp³-hybridized carbons (Fsp3) is 0.500. The van der Waals surface area contributed by atoms with Crippen molar-refractivity contribution in [3.63, 3.8) is 0 Å². The highest BCUT2D eigenvalue weighted by molar-refractivity contribution is 7.91. The lowest BCUT2D eigenvalue weighted by Gasteiger charge is -2.23. The second kappa shape index (κ2) is 7.96. The van der Waals surface area contributed by atoms with E-state index in [9.17, 15) is 23.1 Å². The van der Waals surface area contributed by atoms with Crippen LogP contribution in [0.1, 0.15) is 31.2 Å². The summed E-state index contributed by atoms with van der Waals surface area (Å²) in [7, 11) is -3.71. The molecule has 4 rings (SSSR count). The minimum absolute atomic E-state index is 0. The molecule has 0 unspecified atom stereocenters. The SMILES string of the molecule is C=C[C@@H]1C[C@]1(NC(=O)[C@@H]1C[C@@](O)(c2ccccc2)CN1)C(=O)NS(=O)(=O)C1CC1.Cl. The monoisotopic (exact) mass is 455 g/mol. The molecule has 8 nitrogen and oxygen atoms in total. The van der Waals surface area contributed by atoms with Crippen molar-refractivity contribution in [3.8, 4) is 0 Å². The lowest BCUT2D eigenvalue weighted by molar-refractivity contribution is -0.130. The number of nitrogens with one attached hydrogen (secondary N) is 3. The van der Waals surface area contributed by atoms with E-state index in [-0.39, 0.29) is 31.3 Å². The van der Waals surface area contributed by atoms with Gasteiger partial charge in [-0.2, -0.15) is 0 Å². The number of halogens is 1. The standard InChI is InChI=1S/C20H25N3O5S.ClH/c1-2-13-10-20(13,18(25)23-29(27,28)15-8-9-15)22-17(24)16-11-19(26,12-21-16)14-6-4-3-5-7-14;/h2-7,13,15-16,21,26H,1,8-12H2,(H,22,24)(H,23,25);1H/t13-,16+,19+,20-;/m1./s1. The minimum Gasteiger partial charge on any atom is -0.384 e. The Morgan fingerprint density at radius 1 is 1.20 bits per heavy atom. The molecule has 2 amide bonds. The van der Waals surface area contributed by atoms with E-state index in [0.29, 0.717) is 24.8 Å². The summed E-state index contributed by atoms with van der Waals surface area (Å²) in [5, 5.41) is 16.1. The first kappa shape index (κ1) is 22.7. The largest absolute Gasteiger partial charge is 0.384 e. The van der Waals surface area contributed by atoms with Gasteiger partial charge in [0.2, 0.25) is 15.9 Å². The Morgan fingerprint density at radius 2 is 1.87 bits per heavy atom. The van der Waals surface area contributed by atoms with E-state index in [1.807, 2.05) is 18.2 Å². The Kier molecular flexibility index (Phi) is 6.03. The molecule has 10 heteroatoms. The van der Waals surface area contributed by atoms with Crippen LogP contribution >= 0.6 is 12.4 Å². The predicted molar refractivity (Wildman–Crippen MR) is 113 cm³/mol. The minimum atomic E-state index is -3.71. The number of carbonyl (C=O) groups excluding carboxylic acids is 2. The van der Waals surface area contributed by atoms with Gasteiger partial charge in [0, 0.05) is 18.9 Å². The number of carbonyl (C=O) groups is 2. The van der Waals surface area contributed by atoms with Crippen LogP contribution in [0.3, 0.4) is 0 Å². The Morgan fingerprint density at radius 3 is 2.43 bits per heavy atom. The summed E-state index contributed by atoms with van der Waals surface area (Å²) < 4.78 is 26.4. The Hall–Kier alpha value is -1.94. The van der Waals surface area contributed by atoms with Crippen LogP contribution in [0.5, 0.6) is 0 Å². The summed E-state index contributed by atoms with van der Waals surface area (Å²) in [6, 6.07) is 8.39. The molecule has 0 spiro atoms. The van der Waals surface area contributed by atoms with Gasteiger partial charge < -0.3 is 15.7 Å². The summed E-state index contributed by atoms with van der Waals surface area (Å²) in [6.45, 7) is 3.88. The number of benzene rings is 1. The lowest BCUT2D eigenvalue weighted by atomic mass is 9.91. The predicted octanol–water partition coefficient (Wildman–Crippen LogP) is 0.327. The molecule has 30 heavy (non-hydrogen) atoms. The van der Waals surface area contributed by atoms with Crippen LogP contribution in [-0.2, 0) is 25.2 Å². The quantitative estimate of drug-likeness (QED) is 0.439. The van der Waals surface area contributed by atoms with Gasteiger partial charge in [0.25, 0.3) is 5.91 Å². The van der Waals surface area contributed by atoms with Crippen LogP contribution in [0, 0.1) is 5.92 Å². The zero-order valence-corrected chi connectivity index (χ0v) is 18.0. The maximum Gasteiger partial charge on any atom is 0.259 e. The van der Waals surface area contributed by atoms with E-state index >= 15 is 0 Å². The average Bonchev–Trinajstić information content (AvgIpc) is 3.60. The number of aliphatic hydroxyl groups is 1. The normalized spacial score (nSPS) is 32.6. The van der Waals surface area contributed by atoms with Crippen molar-refractivity contribution in [3.05, 3.63) is 48.6 Å². The molecule has 4 atom stereocenters. The molecule has 1 aromatic rings. The number of β-amino-alcohol motifs (C(OH)–C–C–N with tert-alkyl or cyclic N) is 1. The van der Waals surface area contributed by atoms with Crippen molar-refractivity contribution < 1.29 is 23.1 Å². The first-order chi connectivity index (χ1) is 13.7. The maximum atomic E-state index is 12.8. The van der Waals surface area contributed by atoms with Crippen molar-refractivity contribution in [2.24, 2.45) is 5.92 Å². The van der Waals surface area contributed by atoms with Crippen LogP contribution in [-0.4, -0.2) is 48.7 Å². The molecule has 1 heterocycles. The Balaban J connectivity index is 0.00000256. The van der Waals surface area contributed by atoms with Gasteiger partial charge in [0.05, 0.1) is 11.3 Å². The highest BCUT2D eigenvalue weighted by atomic mass is 35.5. The van der Waals surface area contributed by atoms with Crippen molar-refractivity contribution in [1.29, 1.82) is 0 Å². The summed E-state index contributed by atoms with van der Waals surface area (Å²) in [5.74, 6) is -1.51. The Labute approximate surface area is 182 Å². The molecule has 1 aromatic carbocycles. The molecule has 4 N–H and O–H groups in total. The van der Waals surface area contributed by atoms with Gasteiger partial charge in [0.1, 0.15) is 11.1 Å². The second-order valence-corrected chi connectivity index (χ2v) is 10.2. The van der Waals surface area contributed by atoms with E-state index in [1.54, 1.807) is 18.2 Å². The van der Waals surface area contributed by atoms with E-state index in [1.165, 1.54) is 0 Å². The van der Waals surface area contributed by atoms with E-state index in [2.05, 4.69) is 21.9 Å². The Bertz CT molecular complexity index is 952. The third kappa shape index (κ3) is 4.12. The molecule has 2 aliphatic carbocycles. The molecular weight excluding hydrogens is 430 g/mol. The van der Waals surface area contributed by atoms with Crippen LogP contribution in [0.2, 0.25) is 0 Å². The summed E-state index contributed by atoms with van der Waals surface area (Å²) in [4.78, 5) is 25.6. The first-order valence-corrected chi connectivity index (χ1v) is 11.3. The van der Waals surface area contributed by atoms with Gasteiger partial charge in [-0.05, 0) is 24.8 Å². The highest BCUT2D eigenvalue weighted by Gasteiger charge is 2.61. The van der Waals surface area contributed by atoms with Crippen molar-refractivity contribution >= 4 is 34.2 Å². The maximum absolute atomic E-state index is 12.8. The van der Waals surface area contributed by atoms with E-state index < -0.39 is 44.3 Å². The van der Waals surface area contributed by atoms with Crippen molar-refractivity contribution in [2.45, 2.75) is 48.1 Å². The molecule has 1 saturated heterocycles. The average molecular weight is 456 g/mol. The molecule has 3 aliphatic rings. The molecular formula is C20H26ClN3O5S. The fourth-order valence-electron chi connectivity index (χ4n) is 3.95. The number of sulfonamides is 1. The zero-order chi connectivity index (χ0) is 20.9. The van der Waals surface area contributed by atoms with Gasteiger partial charge in [-0.15, -0.1) is 19.0 Å². The van der Waals surface area contributed by atoms with Gasteiger partial charge >= 0.3 is 0 Å². The summed E-state index contributed by atoms with van der Waals surface area (Å²) in [5.41, 5.74) is -1.79. The third-order valence-electron chi connectivity index (χ3n) is 6.06. The highest BCUT2D eigenvalue weighted by Crippen LogP contribution is 2.45. The molecule has 164 valence electrons. The molecule has 0 bridgehead atoms. The van der Waals surface area contributed by atoms with Gasteiger partial charge in [-0.1, -0.05) is 36.4 Å². The molecule has 0 radical (unpaired) electrons. The van der Waals surface area contributed by atoms with Crippen LogP contribution in [0.4, 0.5) is 0 Å². The smallest absolute Gasteiger partial charge is 0.259 e. The molecule has 1 aliphatic heterocycles. The summed E-state index contributed by atoms with van der Waals surface area (Å²) in [6.07, 6.45) is 3.07. The van der Waals surface area contributed by atoms with E-state index in [0.717, 1.165) is 0 Å². The number of hydrogen-bond donors (Lipinski definition) is 4. The number of rotatable bonds is 7. The van der Waals surface area contributed by atoms with Crippen LogP contribution in [0.25, 0.3) is 0 Å². The molecule has 3 fully saturated rings. The topological polar surface area (TPSA) is 125 Å². The van der Waals surface area contributed by atoms with Crippen molar-refractivity contribution in [1.82, 2.24) is 15.4 Å². The lowest BCUT2D eigenvalue weighted by Crippen LogP contribution is -2.55. The summed E-state index contributed by atoms with van der Waals surface area (Å²) >= 11 is 0. The first-order valence-electron chi connectivity index (χ1n) is 9.72. The third-order valence-corrected chi connectivity index (χ3v) is 7.88. The molecule has 2 saturated carbocycles. The van der Waals surface area contributed by atoms with Crippen molar-refractivity contribution in [2.75, 3.05) is 6.54 Å². The molecule has 0 aromatic heterocycles. The second-order valence-electron chi connectivity index (χ2n) is 8.22. The number of amides is 2.